The molecule has 1 amide bonds. The van der Waals surface area contributed by atoms with Gasteiger partial charge in [0.25, 0.3) is 5.91 Å². The molecule has 1 N–H and O–H groups in total. The van der Waals surface area contributed by atoms with E-state index in [1.807, 2.05) is 0 Å². The third-order valence-electron chi connectivity index (χ3n) is 2.17. The Labute approximate surface area is 98.0 Å². The summed E-state index contributed by atoms with van der Waals surface area (Å²) in [6, 6.07) is 2.68. The molecule has 0 unspecified atom stereocenters. The van der Waals surface area contributed by atoms with Crippen LogP contribution >= 0.6 is 0 Å². The molecule has 0 spiro atoms. The standard InChI is InChI=1S/C12H13F2NO2/c1-2-5-15(6-7-16)12(17)10-8-9(13)3-4-11(10)14/h2-4,8,16H,1,5-7H2. The van der Waals surface area contributed by atoms with Crippen LogP contribution in [0.2, 0.25) is 0 Å². The van der Waals surface area contributed by atoms with Crippen molar-refractivity contribution in [3.8, 4) is 0 Å². The molecule has 92 valence electrons. The summed E-state index contributed by atoms with van der Waals surface area (Å²) in [5.74, 6) is -2.14. The Balaban J connectivity index is 2.99. The number of carbonyl (C=O) groups is 1. The number of aliphatic hydroxyl groups excluding tert-OH is 1. The van der Waals surface area contributed by atoms with Crippen molar-refractivity contribution in [3.05, 3.63) is 48.1 Å². The molecule has 0 saturated carbocycles. The monoisotopic (exact) mass is 241 g/mol. The first-order valence-corrected chi connectivity index (χ1v) is 5.06. The molecule has 0 heterocycles. The van der Waals surface area contributed by atoms with Crippen molar-refractivity contribution in [1.29, 1.82) is 0 Å². The van der Waals surface area contributed by atoms with E-state index in [-0.39, 0.29) is 25.3 Å². The first kappa shape index (κ1) is 13.3. The molecule has 0 aliphatic rings. The van der Waals surface area contributed by atoms with Crippen LogP contribution in [0.5, 0.6) is 0 Å². The molecule has 0 bridgehead atoms. The van der Waals surface area contributed by atoms with Crippen molar-refractivity contribution in [2.75, 3.05) is 19.7 Å². The molecular weight excluding hydrogens is 228 g/mol. The fraction of sp³-hybridized carbons (Fsp3) is 0.250. The first-order chi connectivity index (χ1) is 8.10. The van der Waals surface area contributed by atoms with E-state index in [4.69, 9.17) is 5.11 Å². The number of aliphatic hydroxyl groups is 1. The summed E-state index contributed by atoms with van der Waals surface area (Å²) in [4.78, 5) is 13.0. The summed E-state index contributed by atoms with van der Waals surface area (Å²) in [5.41, 5.74) is -0.347. The molecule has 0 aliphatic carbocycles. The van der Waals surface area contributed by atoms with E-state index in [0.29, 0.717) is 0 Å². The summed E-state index contributed by atoms with van der Waals surface area (Å²) in [5, 5.41) is 8.79. The Bertz CT molecular complexity index is 421. The minimum absolute atomic E-state index is 0.0425. The van der Waals surface area contributed by atoms with Gasteiger partial charge < -0.3 is 10.0 Å². The van der Waals surface area contributed by atoms with Crippen molar-refractivity contribution >= 4 is 5.91 Å². The van der Waals surface area contributed by atoms with Gasteiger partial charge in [0, 0.05) is 13.1 Å². The summed E-state index contributed by atoms with van der Waals surface area (Å²) in [6.07, 6.45) is 1.45. The molecule has 0 aromatic heterocycles. The van der Waals surface area contributed by atoms with Crippen molar-refractivity contribution in [3.63, 3.8) is 0 Å². The Morgan fingerprint density at radius 3 is 2.76 bits per heavy atom. The van der Waals surface area contributed by atoms with Gasteiger partial charge >= 0.3 is 0 Å². The molecule has 0 fully saturated rings. The van der Waals surface area contributed by atoms with Gasteiger partial charge in [0.05, 0.1) is 12.2 Å². The van der Waals surface area contributed by atoms with E-state index >= 15 is 0 Å². The van der Waals surface area contributed by atoms with Crippen LogP contribution in [0.25, 0.3) is 0 Å². The summed E-state index contributed by atoms with van der Waals surface area (Å²) >= 11 is 0. The van der Waals surface area contributed by atoms with Gasteiger partial charge in [-0.25, -0.2) is 8.78 Å². The number of amides is 1. The van der Waals surface area contributed by atoms with Crippen LogP contribution < -0.4 is 0 Å². The lowest BCUT2D eigenvalue weighted by atomic mass is 10.1. The number of carbonyl (C=O) groups excluding carboxylic acids is 1. The maximum absolute atomic E-state index is 13.4. The second-order valence-electron chi connectivity index (χ2n) is 3.39. The summed E-state index contributed by atoms with van der Waals surface area (Å²) < 4.78 is 26.3. The number of nitrogens with zero attached hydrogens (tertiary/aromatic N) is 1. The fourth-order valence-electron chi connectivity index (χ4n) is 1.38. The molecule has 0 saturated heterocycles. The van der Waals surface area contributed by atoms with E-state index in [1.54, 1.807) is 0 Å². The highest BCUT2D eigenvalue weighted by molar-refractivity contribution is 5.94. The summed E-state index contributed by atoms with van der Waals surface area (Å²) in [7, 11) is 0. The topological polar surface area (TPSA) is 40.5 Å². The number of hydrogen-bond acceptors (Lipinski definition) is 2. The SMILES string of the molecule is C=CCN(CCO)C(=O)c1cc(F)ccc1F. The average Bonchev–Trinajstić information content (AvgIpc) is 2.31. The third kappa shape index (κ3) is 3.35. The number of halogens is 2. The Hall–Kier alpha value is -1.75. The lowest BCUT2D eigenvalue weighted by molar-refractivity contribution is 0.0737. The van der Waals surface area contributed by atoms with E-state index < -0.39 is 17.5 Å². The van der Waals surface area contributed by atoms with Crippen molar-refractivity contribution in [2.45, 2.75) is 0 Å². The Kier molecular flexibility index (Phi) is 4.78. The fourth-order valence-corrected chi connectivity index (χ4v) is 1.38. The number of rotatable bonds is 5. The normalized spacial score (nSPS) is 10.1. The molecule has 0 aliphatic heterocycles. The van der Waals surface area contributed by atoms with Crippen LogP contribution in [-0.4, -0.2) is 35.6 Å². The van der Waals surface area contributed by atoms with Crippen LogP contribution in [0.1, 0.15) is 10.4 Å². The molecule has 3 nitrogen and oxygen atoms in total. The van der Waals surface area contributed by atoms with Gasteiger partial charge in [-0.1, -0.05) is 6.08 Å². The van der Waals surface area contributed by atoms with Gasteiger partial charge in [0.15, 0.2) is 0 Å². The van der Waals surface area contributed by atoms with Gasteiger partial charge in [0.2, 0.25) is 0 Å². The molecule has 0 radical (unpaired) electrons. The van der Waals surface area contributed by atoms with Gasteiger partial charge in [-0.15, -0.1) is 6.58 Å². The maximum atomic E-state index is 13.4. The molecule has 1 rings (SSSR count). The smallest absolute Gasteiger partial charge is 0.257 e. The zero-order valence-electron chi connectivity index (χ0n) is 9.20. The highest BCUT2D eigenvalue weighted by Gasteiger charge is 2.18. The van der Waals surface area contributed by atoms with E-state index in [9.17, 15) is 13.6 Å². The van der Waals surface area contributed by atoms with Gasteiger partial charge in [-0.05, 0) is 18.2 Å². The van der Waals surface area contributed by atoms with E-state index in [2.05, 4.69) is 6.58 Å². The molecule has 1 aromatic carbocycles. The second kappa shape index (κ2) is 6.10. The predicted molar refractivity (Wildman–Crippen MR) is 59.5 cm³/mol. The lowest BCUT2D eigenvalue weighted by Crippen LogP contribution is -2.34. The van der Waals surface area contributed by atoms with Gasteiger partial charge in [0.1, 0.15) is 11.6 Å². The van der Waals surface area contributed by atoms with Crippen LogP contribution in [0.15, 0.2) is 30.9 Å². The third-order valence-corrected chi connectivity index (χ3v) is 2.17. The Morgan fingerprint density at radius 1 is 1.47 bits per heavy atom. The second-order valence-corrected chi connectivity index (χ2v) is 3.39. The summed E-state index contributed by atoms with van der Waals surface area (Å²) in [6.45, 7) is 3.41. The van der Waals surface area contributed by atoms with Crippen LogP contribution in [-0.2, 0) is 0 Å². The van der Waals surface area contributed by atoms with Gasteiger partial charge in [-0.2, -0.15) is 0 Å². The molecular formula is C12H13F2NO2. The minimum Gasteiger partial charge on any atom is -0.395 e. The average molecular weight is 241 g/mol. The predicted octanol–water partition coefficient (Wildman–Crippen LogP) is 1.59. The zero-order chi connectivity index (χ0) is 12.8. The van der Waals surface area contributed by atoms with Crippen molar-refractivity contribution in [1.82, 2.24) is 4.90 Å². The van der Waals surface area contributed by atoms with E-state index in [0.717, 1.165) is 18.2 Å². The number of hydrogen-bond donors (Lipinski definition) is 1. The highest BCUT2D eigenvalue weighted by atomic mass is 19.1. The molecule has 17 heavy (non-hydrogen) atoms. The van der Waals surface area contributed by atoms with Crippen LogP contribution in [0.4, 0.5) is 8.78 Å². The van der Waals surface area contributed by atoms with E-state index in [1.165, 1.54) is 11.0 Å². The van der Waals surface area contributed by atoms with Crippen molar-refractivity contribution in [2.24, 2.45) is 0 Å². The molecule has 0 atom stereocenters. The largest absolute Gasteiger partial charge is 0.395 e. The van der Waals surface area contributed by atoms with Crippen molar-refractivity contribution < 1.29 is 18.7 Å². The van der Waals surface area contributed by atoms with Crippen LogP contribution in [0, 0.1) is 11.6 Å². The minimum atomic E-state index is -0.789. The maximum Gasteiger partial charge on any atom is 0.257 e. The lowest BCUT2D eigenvalue weighted by Gasteiger charge is -2.20. The number of benzene rings is 1. The van der Waals surface area contributed by atoms with Crippen LogP contribution in [0.3, 0.4) is 0 Å². The first-order valence-electron chi connectivity index (χ1n) is 5.06. The molecule has 1 aromatic rings. The molecule has 5 heteroatoms. The van der Waals surface area contributed by atoms with Gasteiger partial charge in [-0.3, -0.25) is 4.79 Å². The zero-order valence-corrected chi connectivity index (χ0v) is 9.20. The Morgan fingerprint density at radius 2 is 2.18 bits per heavy atom. The quantitative estimate of drug-likeness (QED) is 0.795. The highest BCUT2D eigenvalue weighted by Crippen LogP contribution is 2.12.